The molecule has 2 heterocycles. The van der Waals surface area contributed by atoms with Gasteiger partial charge >= 0.3 is 6.09 Å². The lowest BCUT2D eigenvalue weighted by Crippen LogP contribution is -2.33. The van der Waals surface area contributed by atoms with E-state index in [9.17, 15) is 4.79 Å². The summed E-state index contributed by atoms with van der Waals surface area (Å²) in [4.78, 5) is 28.3. The van der Waals surface area contributed by atoms with E-state index in [0.717, 1.165) is 77.8 Å². The number of carbonyl (C=O) groups excluding carboxylic acids is 1. The van der Waals surface area contributed by atoms with Gasteiger partial charge in [0.05, 0.1) is 22.1 Å². The van der Waals surface area contributed by atoms with Crippen molar-refractivity contribution in [1.29, 1.82) is 0 Å². The van der Waals surface area contributed by atoms with Gasteiger partial charge in [-0.05, 0) is 122 Å². The molecule has 0 fully saturated rings. The lowest BCUT2D eigenvalue weighted by Gasteiger charge is -2.19. The van der Waals surface area contributed by atoms with Gasteiger partial charge < -0.3 is 25.8 Å². The molecule has 0 aliphatic rings. The van der Waals surface area contributed by atoms with Crippen LogP contribution in [0.25, 0.3) is 55.1 Å². The highest BCUT2D eigenvalue weighted by molar-refractivity contribution is 5.93. The molecule has 0 spiro atoms. The Morgan fingerprint density at radius 1 is 0.673 bits per heavy atom. The Kier molecular flexibility index (Phi) is 13.4. The van der Waals surface area contributed by atoms with Crippen LogP contribution < -0.4 is 11.1 Å². The number of hydrogen-bond acceptors (Lipinski definition) is 5. The summed E-state index contributed by atoms with van der Waals surface area (Å²) >= 11 is 0. The molecule has 5 N–H and O–H groups in total. The van der Waals surface area contributed by atoms with Gasteiger partial charge in [-0.1, -0.05) is 64.1 Å². The molecule has 8 nitrogen and oxygen atoms in total. The van der Waals surface area contributed by atoms with Gasteiger partial charge in [-0.2, -0.15) is 0 Å². The monoisotopic (exact) mass is 662 g/mol. The highest BCUT2D eigenvalue weighted by Gasteiger charge is 2.15. The summed E-state index contributed by atoms with van der Waals surface area (Å²) in [6, 6.07) is 26.1. The number of amides is 1. The van der Waals surface area contributed by atoms with E-state index in [0.29, 0.717) is 13.1 Å². The van der Waals surface area contributed by atoms with Crippen molar-refractivity contribution in [3.63, 3.8) is 0 Å². The average Bonchev–Trinajstić information content (AvgIpc) is 3.71. The van der Waals surface area contributed by atoms with Gasteiger partial charge in [0.15, 0.2) is 0 Å². The second-order valence-corrected chi connectivity index (χ2v) is 12.7. The van der Waals surface area contributed by atoms with Crippen LogP contribution in [0.2, 0.25) is 0 Å². The molecule has 4 aromatic carbocycles. The Labute approximate surface area is 291 Å². The zero-order chi connectivity index (χ0) is 35.4. The van der Waals surface area contributed by atoms with E-state index in [4.69, 9.17) is 20.4 Å². The van der Waals surface area contributed by atoms with Crippen LogP contribution in [0.4, 0.5) is 4.79 Å². The molecule has 6 rings (SSSR count). The molecular weight excluding hydrogens is 608 g/mol. The molecule has 0 aliphatic carbocycles. The molecule has 0 bridgehead atoms. The van der Waals surface area contributed by atoms with Crippen molar-refractivity contribution in [2.75, 3.05) is 13.1 Å². The van der Waals surface area contributed by atoms with E-state index in [-0.39, 0.29) is 6.09 Å². The predicted molar refractivity (Wildman–Crippen MR) is 206 cm³/mol. The Balaban J connectivity index is 0.00000130. The summed E-state index contributed by atoms with van der Waals surface area (Å²) in [6.07, 6.45) is 5.20. The molecule has 260 valence electrons. The number of fused-ring (bicyclic) bond motifs is 3. The summed E-state index contributed by atoms with van der Waals surface area (Å²) in [5.74, 6) is 1.98. The molecule has 2 aromatic heterocycles. The number of hydrogen-bond donors (Lipinski definition) is 4. The van der Waals surface area contributed by atoms with Gasteiger partial charge in [0.1, 0.15) is 17.2 Å². The number of H-pyrrole nitrogens is 2. The highest BCUT2D eigenvalue weighted by atomic mass is 16.6. The quantitative estimate of drug-likeness (QED) is 0.103. The SMILES string of the molecule is CC.CC.CC(C)(C)OC(=O)NCCCCc1nc2ccc(-c3ccc4cc(-c5ccc6nc(CCCCN)[nH]c6c5)ccc4c3)cc2[nH]1. The minimum absolute atomic E-state index is 0.372. The van der Waals surface area contributed by atoms with Crippen LogP contribution in [0.3, 0.4) is 0 Å². The van der Waals surface area contributed by atoms with Crippen LogP contribution in [0.15, 0.2) is 72.8 Å². The molecule has 0 radical (unpaired) electrons. The summed E-state index contributed by atoms with van der Waals surface area (Å²) < 4.78 is 5.29. The predicted octanol–water partition coefficient (Wildman–Crippen LogP) is 10.1. The first-order chi connectivity index (χ1) is 23.7. The third kappa shape index (κ3) is 10.2. The fraction of sp³-hybridized carbons (Fsp3) is 0.390. The molecule has 6 aromatic rings. The number of ether oxygens (including phenoxy) is 1. The van der Waals surface area contributed by atoms with E-state index < -0.39 is 5.60 Å². The van der Waals surface area contributed by atoms with Gasteiger partial charge in [-0.25, -0.2) is 14.8 Å². The van der Waals surface area contributed by atoms with E-state index in [2.05, 4.69) is 88.1 Å². The van der Waals surface area contributed by atoms with E-state index in [1.807, 2.05) is 48.5 Å². The first-order valence-corrected chi connectivity index (χ1v) is 17.9. The number of nitrogens with two attached hydrogens (primary N) is 1. The third-order valence-electron chi connectivity index (χ3n) is 7.95. The fourth-order valence-electron chi connectivity index (χ4n) is 5.68. The maximum atomic E-state index is 11.8. The number of nitrogens with one attached hydrogen (secondary N) is 3. The molecule has 8 heteroatoms. The Bertz CT molecular complexity index is 1950. The van der Waals surface area contributed by atoms with Crippen molar-refractivity contribution in [3.05, 3.63) is 84.4 Å². The number of nitrogens with zero attached hydrogens (tertiary/aromatic N) is 2. The number of aryl methyl sites for hydroxylation is 2. The number of rotatable bonds is 11. The zero-order valence-corrected chi connectivity index (χ0v) is 30.4. The summed E-state index contributed by atoms with van der Waals surface area (Å²) in [6.45, 7) is 14.9. The molecule has 0 saturated carbocycles. The van der Waals surface area contributed by atoms with Crippen LogP contribution in [-0.4, -0.2) is 44.7 Å². The van der Waals surface area contributed by atoms with Crippen molar-refractivity contribution in [2.45, 2.75) is 92.6 Å². The third-order valence-corrected chi connectivity index (χ3v) is 7.95. The lowest BCUT2D eigenvalue weighted by atomic mass is 9.97. The standard InChI is InChI=1S/C37H42N6O2.2C2H6/c1-37(2,3)45-36(44)39-19-7-5-9-35-41-31-17-15-29(23-33(31)43-35)27-13-11-24-20-26(12-10-25(24)21-27)28-14-16-30-32(22-28)42-34(40-30)8-4-6-18-38;2*1-2/h10-17,20-23H,4-9,18-19,38H2,1-3H3,(H,39,44)(H,40,42)(H,41,43);2*1-2H3. The molecule has 0 unspecified atom stereocenters. The van der Waals surface area contributed by atoms with Gasteiger partial charge in [0, 0.05) is 19.4 Å². The van der Waals surface area contributed by atoms with Crippen molar-refractivity contribution >= 4 is 38.9 Å². The minimum atomic E-state index is -0.486. The Morgan fingerprint density at radius 2 is 1.12 bits per heavy atom. The largest absolute Gasteiger partial charge is 0.444 e. The highest BCUT2D eigenvalue weighted by Crippen LogP contribution is 2.31. The first-order valence-electron chi connectivity index (χ1n) is 17.9. The van der Waals surface area contributed by atoms with Crippen LogP contribution in [-0.2, 0) is 17.6 Å². The normalized spacial score (nSPS) is 11.2. The topological polar surface area (TPSA) is 122 Å². The second kappa shape index (κ2) is 17.6. The summed E-state index contributed by atoms with van der Waals surface area (Å²) in [7, 11) is 0. The smallest absolute Gasteiger partial charge is 0.407 e. The second-order valence-electron chi connectivity index (χ2n) is 12.7. The number of unbranched alkanes of at least 4 members (excludes halogenated alkanes) is 2. The van der Waals surface area contributed by atoms with Crippen molar-refractivity contribution in [1.82, 2.24) is 25.3 Å². The Hall–Kier alpha value is -4.69. The van der Waals surface area contributed by atoms with Crippen LogP contribution >= 0.6 is 0 Å². The van der Waals surface area contributed by atoms with Gasteiger partial charge in [0.2, 0.25) is 0 Å². The first kappa shape index (κ1) is 37.1. The van der Waals surface area contributed by atoms with Crippen LogP contribution in [0.5, 0.6) is 0 Å². The lowest BCUT2D eigenvalue weighted by molar-refractivity contribution is 0.0527. The molecule has 1 amide bonds. The fourth-order valence-corrected chi connectivity index (χ4v) is 5.68. The zero-order valence-electron chi connectivity index (χ0n) is 30.4. The van der Waals surface area contributed by atoms with Gasteiger partial charge in [-0.15, -0.1) is 0 Å². The van der Waals surface area contributed by atoms with Crippen molar-refractivity contribution in [2.24, 2.45) is 5.73 Å². The van der Waals surface area contributed by atoms with E-state index >= 15 is 0 Å². The minimum Gasteiger partial charge on any atom is -0.444 e. The maximum Gasteiger partial charge on any atom is 0.407 e. The number of benzene rings is 4. The number of carbonyl (C=O) groups is 1. The van der Waals surface area contributed by atoms with E-state index in [1.165, 1.54) is 27.5 Å². The number of aromatic amines is 2. The molecular formula is C41H54N6O2. The van der Waals surface area contributed by atoms with Gasteiger partial charge in [-0.3, -0.25) is 0 Å². The number of aromatic nitrogens is 4. The number of alkyl carbamates (subject to hydrolysis) is 1. The molecule has 0 aliphatic heterocycles. The van der Waals surface area contributed by atoms with Crippen molar-refractivity contribution < 1.29 is 9.53 Å². The number of imidazole rings is 2. The van der Waals surface area contributed by atoms with E-state index in [1.54, 1.807) is 0 Å². The van der Waals surface area contributed by atoms with Crippen LogP contribution in [0.1, 0.15) is 85.8 Å². The Morgan fingerprint density at radius 3 is 1.59 bits per heavy atom. The van der Waals surface area contributed by atoms with Crippen molar-refractivity contribution in [3.8, 4) is 22.3 Å². The molecule has 0 saturated heterocycles. The average molecular weight is 663 g/mol. The summed E-state index contributed by atoms with van der Waals surface area (Å²) in [5, 5.41) is 5.22. The maximum absolute atomic E-state index is 11.8. The summed E-state index contributed by atoms with van der Waals surface area (Å²) in [5.41, 5.74) is 13.9. The molecule has 0 atom stereocenters. The molecule has 49 heavy (non-hydrogen) atoms. The van der Waals surface area contributed by atoms with Gasteiger partial charge in [0.25, 0.3) is 0 Å². The van der Waals surface area contributed by atoms with Crippen LogP contribution in [0, 0.1) is 0 Å².